The monoisotopic (exact) mass is 393 g/mol. The summed E-state index contributed by atoms with van der Waals surface area (Å²) in [5.41, 5.74) is -0.247. The van der Waals surface area contributed by atoms with E-state index in [0.29, 0.717) is 5.56 Å². The lowest BCUT2D eigenvalue weighted by molar-refractivity contribution is -0.153. The quantitative estimate of drug-likeness (QED) is 0.545. The molecule has 1 fully saturated rings. The minimum atomic E-state index is -1.08. The maximum absolute atomic E-state index is 13.5. The van der Waals surface area contributed by atoms with Crippen LogP contribution in [-0.4, -0.2) is 46.9 Å². The molecule has 0 bridgehead atoms. The van der Waals surface area contributed by atoms with E-state index < -0.39 is 35.4 Å². The summed E-state index contributed by atoms with van der Waals surface area (Å²) in [7, 11) is 0. The van der Waals surface area contributed by atoms with Gasteiger partial charge in [-0.1, -0.05) is 6.07 Å². The summed E-state index contributed by atoms with van der Waals surface area (Å²) in [4.78, 5) is 48.8. The van der Waals surface area contributed by atoms with Gasteiger partial charge in [-0.2, -0.15) is 0 Å². The number of benzene rings is 1. The molecule has 0 spiro atoms. The number of ether oxygens (including phenoxy) is 1. The van der Waals surface area contributed by atoms with Gasteiger partial charge in [0.15, 0.2) is 6.10 Å². The zero-order chi connectivity index (χ0) is 21.1. The maximum atomic E-state index is 13.5. The largest absolute Gasteiger partial charge is 0.453 e. The molecule has 1 aliphatic heterocycles. The molecule has 1 aromatic rings. The minimum Gasteiger partial charge on any atom is -0.453 e. The number of urea groups is 1. The number of halogens is 1. The third-order valence-corrected chi connectivity index (χ3v) is 4.32. The number of aryl methyl sites for hydroxylation is 1. The van der Waals surface area contributed by atoms with Gasteiger partial charge < -0.3 is 15.4 Å². The Labute approximate surface area is 162 Å². The minimum absolute atomic E-state index is 0.0612. The number of amides is 4. The van der Waals surface area contributed by atoms with E-state index >= 15 is 0 Å². The molecule has 1 atom stereocenters. The summed E-state index contributed by atoms with van der Waals surface area (Å²) in [6.45, 7) is 6.28. The SMILES string of the molecule is Cc1ccc(NC(=O)[C@@H](C)OC(=O)CCCN2C(=O)NC(C)(C)C2=O)cc1F. The number of nitrogens with zero attached hydrogens (tertiary/aromatic N) is 1. The van der Waals surface area contributed by atoms with Crippen molar-refractivity contribution in [1.29, 1.82) is 0 Å². The first-order valence-corrected chi connectivity index (χ1v) is 8.92. The van der Waals surface area contributed by atoms with Crippen LogP contribution in [0.5, 0.6) is 0 Å². The second-order valence-corrected chi connectivity index (χ2v) is 7.20. The van der Waals surface area contributed by atoms with E-state index in [-0.39, 0.29) is 31.0 Å². The number of hydrogen-bond donors (Lipinski definition) is 2. The lowest BCUT2D eigenvalue weighted by atomic mass is 10.1. The topological polar surface area (TPSA) is 105 Å². The Morgan fingerprint density at radius 2 is 2.00 bits per heavy atom. The van der Waals surface area contributed by atoms with Gasteiger partial charge in [-0.3, -0.25) is 19.3 Å². The van der Waals surface area contributed by atoms with Gasteiger partial charge in [0.25, 0.3) is 11.8 Å². The van der Waals surface area contributed by atoms with Crippen molar-refractivity contribution in [2.75, 3.05) is 11.9 Å². The van der Waals surface area contributed by atoms with E-state index in [0.717, 1.165) is 4.90 Å². The highest BCUT2D eigenvalue weighted by Crippen LogP contribution is 2.17. The Balaban J connectivity index is 1.77. The van der Waals surface area contributed by atoms with Gasteiger partial charge in [0.1, 0.15) is 11.4 Å². The molecule has 0 aliphatic carbocycles. The first-order valence-electron chi connectivity index (χ1n) is 8.92. The molecule has 1 aliphatic rings. The van der Waals surface area contributed by atoms with E-state index in [1.54, 1.807) is 26.8 Å². The van der Waals surface area contributed by atoms with E-state index in [1.807, 2.05) is 0 Å². The Kier molecular flexibility index (Phi) is 6.37. The van der Waals surface area contributed by atoms with Crippen molar-refractivity contribution in [3.8, 4) is 0 Å². The highest BCUT2D eigenvalue weighted by molar-refractivity contribution is 6.06. The van der Waals surface area contributed by atoms with Crippen molar-refractivity contribution < 1.29 is 28.3 Å². The number of esters is 1. The van der Waals surface area contributed by atoms with Crippen LogP contribution in [0, 0.1) is 12.7 Å². The molecule has 2 rings (SSSR count). The molecule has 0 radical (unpaired) electrons. The average Bonchev–Trinajstić information content (AvgIpc) is 2.79. The molecule has 2 N–H and O–H groups in total. The van der Waals surface area contributed by atoms with Crippen LogP contribution in [0.1, 0.15) is 39.2 Å². The number of nitrogens with one attached hydrogen (secondary N) is 2. The number of imide groups is 1. The smallest absolute Gasteiger partial charge is 0.325 e. The van der Waals surface area contributed by atoms with Crippen LogP contribution in [0.2, 0.25) is 0 Å². The van der Waals surface area contributed by atoms with Gasteiger partial charge in [-0.25, -0.2) is 9.18 Å². The molecular formula is C19H24FN3O5. The predicted molar refractivity (Wildman–Crippen MR) is 98.9 cm³/mol. The van der Waals surface area contributed by atoms with Gasteiger partial charge in [-0.05, 0) is 51.8 Å². The van der Waals surface area contributed by atoms with Crippen molar-refractivity contribution in [2.24, 2.45) is 0 Å². The fraction of sp³-hybridized carbons (Fsp3) is 0.474. The highest BCUT2D eigenvalue weighted by atomic mass is 19.1. The van der Waals surface area contributed by atoms with Crippen LogP contribution in [0.4, 0.5) is 14.9 Å². The van der Waals surface area contributed by atoms with Crippen molar-refractivity contribution >= 4 is 29.5 Å². The molecule has 0 unspecified atom stereocenters. The third kappa shape index (κ3) is 5.05. The Bertz CT molecular complexity index is 809. The van der Waals surface area contributed by atoms with Crippen LogP contribution in [0.25, 0.3) is 0 Å². The second-order valence-electron chi connectivity index (χ2n) is 7.20. The fourth-order valence-corrected chi connectivity index (χ4v) is 2.63. The van der Waals surface area contributed by atoms with Gasteiger partial charge in [-0.15, -0.1) is 0 Å². The molecule has 4 amide bonds. The van der Waals surface area contributed by atoms with E-state index in [1.165, 1.54) is 19.1 Å². The summed E-state index contributed by atoms with van der Waals surface area (Å²) >= 11 is 0. The van der Waals surface area contributed by atoms with Gasteiger partial charge in [0.05, 0.1) is 0 Å². The maximum Gasteiger partial charge on any atom is 0.325 e. The normalized spacial score (nSPS) is 16.5. The summed E-state index contributed by atoms with van der Waals surface area (Å²) in [6, 6.07) is 3.76. The van der Waals surface area contributed by atoms with Crippen molar-refractivity contribution in [3.05, 3.63) is 29.6 Å². The number of hydrogen-bond acceptors (Lipinski definition) is 5. The summed E-state index contributed by atoms with van der Waals surface area (Å²) < 4.78 is 18.6. The fourth-order valence-electron chi connectivity index (χ4n) is 2.63. The van der Waals surface area contributed by atoms with Crippen LogP contribution in [-0.2, 0) is 19.1 Å². The standard InChI is InChI=1S/C19H24FN3O5/c1-11-7-8-13(10-14(11)20)21-16(25)12(2)28-15(24)6-5-9-23-17(26)19(3,4)22-18(23)27/h7-8,10,12H,5-6,9H2,1-4H3,(H,21,25)(H,22,27)/t12-/m1/s1. The first kappa shape index (κ1) is 21.3. The van der Waals surface area contributed by atoms with Crippen molar-refractivity contribution in [1.82, 2.24) is 10.2 Å². The molecule has 1 aromatic carbocycles. The number of anilines is 1. The molecule has 8 nitrogen and oxygen atoms in total. The third-order valence-electron chi connectivity index (χ3n) is 4.32. The molecule has 1 saturated heterocycles. The highest BCUT2D eigenvalue weighted by Gasteiger charge is 2.43. The summed E-state index contributed by atoms with van der Waals surface area (Å²) in [6.07, 6.45) is -0.924. The zero-order valence-corrected chi connectivity index (χ0v) is 16.3. The van der Waals surface area contributed by atoms with Crippen LogP contribution in [0.3, 0.4) is 0 Å². The molecule has 0 saturated carbocycles. The number of rotatable bonds is 7. The lowest BCUT2D eigenvalue weighted by Crippen LogP contribution is -2.40. The van der Waals surface area contributed by atoms with Crippen molar-refractivity contribution in [3.63, 3.8) is 0 Å². The summed E-state index contributed by atoms with van der Waals surface area (Å²) in [5, 5.41) is 5.03. The predicted octanol–water partition coefficient (Wildman–Crippen LogP) is 2.11. The zero-order valence-electron chi connectivity index (χ0n) is 16.3. The van der Waals surface area contributed by atoms with E-state index in [9.17, 15) is 23.6 Å². The molecule has 152 valence electrons. The van der Waals surface area contributed by atoms with Gasteiger partial charge in [0.2, 0.25) is 0 Å². The summed E-state index contributed by atoms with van der Waals surface area (Å²) in [5.74, 6) is -2.04. The lowest BCUT2D eigenvalue weighted by Gasteiger charge is -2.16. The van der Waals surface area contributed by atoms with Crippen LogP contribution in [0.15, 0.2) is 18.2 Å². The molecule has 28 heavy (non-hydrogen) atoms. The molecule has 1 heterocycles. The molecule has 0 aromatic heterocycles. The molecular weight excluding hydrogens is 369 g/mol. The van der Waals surface area contributed by atoms with Crippen molar-refractivity contribution in [2.45, 2.75) is 52.2 Å². The number of carbonyl (C=O) groups excluding carboxylic acids is 4. The number of carbonyl (C=O) groups is 4. The Hall–Kier alpha value is -2.97. The first-order chi connectivity index (χ1) is 13.0. The van der Waals surface area contributed by atoms with Gasteiger partial charge >= 0.3 is 12.0 Å². The van der Waals surface area contributed by atoms with E-state index in [2.05, 4.69) is 10.6 Å². The van der Waals surface area contributed by atoms with Gasteiger partial charge in [0, 0.05) is 18.7 Å². The van der Waals surface area contributed by atoms with E-state index in [4.69, 9.17) is 4.74 Å². The Morgan fingerprint density at radius 3 is 2.57 bits per heavy atom. The average molecular weight is 393 g/mol. The second kappa shape index (κ2) is 8.37. The molecule has 9 heteroatoms. The Morgan fingerprint density at radius 1 is 1.32 bits per heavy atom. The van der Waals surface area contributed by atoms with Crippen LogP contribution >= 0.6 is 0 Å². The van der Waals surface area contributed by atoms with Crippen LogP contribution < -0.4 is 10.6 Å².